The summed E-state index contributed by atoms with van der Waals surface area (Å²) in [6.45, 7) is 3.56. The van der Waals surface area contributed by atoms with Crippen LogP contribution in [-0.2, 0) is 9.47 Å². The van der Waals surface area contributed by atoms with E-state index in [2.05, 4.69) is 6.58 Å². The Morgan fingerprint density at radius 3 is 2.88 bits per heavy atom. The summed E-state index contributed by atoms with van der Waals surface area (Å²) in [6, 6.07) is 0. The van der Waals surface area contributed by atoms with E-state index in [1.54, 1.807) is 13.2 Å². The highest BCUT2D eigenvalue weighted by atomic mass is 16.7. The predicted molar refractivity (Wildman–Crippen MR) is 30.2 cm³/mol. The molecule has 0 fully saturated rings. The Morgan fingerprint density at radius 2 is 2.62 bits per heavy atom. The number of ether oxygens (including phenoxy) is 2. The first-order chi connectivity index (χ1) is 3.83. The lowest BCUT2D eigenvalue weighted by Crippen LogP contribution is -2.04. The van der Waals surface area contributed by atoms with Crippen molar-refractivity contribution in [2.24, 2.45) is 0 Å². The van der Waals surface area contributed by atoms with Gasteiger partial charge in [0.05, 0.1) is 0 Å². The number of hydrogen-bond acceptors (Lipinski definition) is 2. The molecule has 1 unspecified atom stereocenters. The lowest BCUT2D eigenvalue weighted by molar-refractivity contribution is -0.0443. The van der Waals surface area contributed by atoms with E-state index in [1.807, 2.05) is 6.08 Å². The minimum absolute atomic E-state index is 0.206. The van der Waals surface area contributed by atoms with Crippen LogP contribution in [0.5, 0.6) is 0 Å². The Bertz CT molecular complexity index is 126. The van der Waals surface area contributed by atoms with Gasteiger partial charge in [0.1, 0.15) is 5.76 Å². The standard InChI is InChI=1S/C6H8O2/c1-5-3-4-6(7-2)8-5/h3-4,6H,1H2,2H3. The molecular weight excluding hydrogens is 104 g/mol. The first-order valence-corrected chi connectivity index (χ1v) is 2.39. The number of allylic oxidation sites excluding steroid dienone is 1. The lowest BCUT2D eigenvalue weighted by Gasteiger charge is -2.05. The second-order valence-electron chi connectivity index (χ2n) is 1.55. The van der Waals surface area contributed by atoms with Crippen LogP contribution in [0.3, 0.4) is 0 Å². The fourth-order valence-electron chi connectivity index (χ4n) is 0.540. The third kappa shape index (κ3) is 0.898. The predicted octanol–water partition coefficient (Wildman–Crippen LogP) is 1.06. The molecule has 1 aliphatic heterocycles. The smallest absolute Gasteiger partial charge is 0.219 e. The minimum Gasteiger partial charge on any atom is -0.462 e. The van der Waals surface area contributed by atoms with Crippen LogP contribution < -0.4 is 0 Å². The first-order valence-electron chi connectivity index (χ1n) is 2.39. The third-order valence-electron chi connectivity index (χ3n) is 0.939. The molecule has 1 atom stereocenters. The van der Waals surface area contributed by atoms with Gasteiger partial charge in [-0.25, -0.2) is 0 Å². The SMILES string of the molecule is C=C1C=CC(OC)O1. The van der Waals surface area contributed by atoms with Crippen molar-refractivity contribution in [3.8, 4) is 0 Å². The molecule has 44 valence electrons. The first kappa shape index (κ1) is 5.38. The molecule has 0 saturated heterocycles. The van der Waals surface area contributed by atoms with Gasteiger partial charge in [-0.2, -0.15) is 0 Å². The Labute approximate surface area is 48.4 Å². The Hall–Kier alpha value is -0.760. The van der Waals surface area contributed by atoms with Crippen molar-refractivity contribution < 1.29 is 9.47 Å². The van der Waals surface area contributed by atoms with E-state index in [0.29, 0.717) is 5.76 Å². The molecular formula is C6H8O2. The average molecular weight is 112 g/mol. The van der Waals surface area contributed by atoms with Gasteiger partial charge in [0.15, 0.2) is 0 Å². The second kappa shape index (κ2) is 2.01. The highest BCUT2D eigenvalue weighted by molar-refractivity contribution is 5.14. The molecule has 0 radical (unpaired) electrons. The maximum Gasteiger partial charge on any atom is 0.219 e. The Balaban J connectivity index is 2.46. The number of rotatable bonds is 1. The Morgan fingerprint density at radius 1 is 1.88 bits per heavy atom. The summed E-state index contributed by atoms with van der Waals surface area (Å²) in [5.41, 5.74) is 0. The van der Waals surface area contributed by atoms with Crippen LogP contribution in [0.25, 0.3) is 0 Å². The highest BCUT2D eigenvalue weighted by Crippen LogP contribution is 2.11. The van der Waals surface area contributed by atoms with Crippen LogP contribution in [0, 0.1) is 0 Å². The maximum absolute atomic E-state index is 4.98. The van der Waals surface area contributed by atoms with Crippen LogP contribution in [0.4, 0.5) is 0 Å². The van der Waals surface area contributed by atoms with Crippen molar-refractivity contribution in [2.75, 3.05) is 7.11 Å². The van der Waals surface area contributed by atoms with E-state index >= 15 is 0 Å². The van der Waals surface area contributed by atoms with Crippen molar-refractivity contribution in [2.45, 2.75) is 6.29 Å². The molecule has 0 bridgehead atoms. The Kier molecular flexibility index (Phi) is 1.35. The number of methoxy groups -OCH3 is 1. The molecule has 8 heavy (non-hydrogen) atoms. The van der Waals surface area contributed by atoms with Crippen LogP contribution >= 0.6 is 0 Å². The van der Waals surface area contributed by atoms with E-state index in [4.69, 9.17) is 9.47 Å². The summed E-state index contributed by atoms with van der Waals surface area (Å²) in [6.07, 6.45) is 3.39. The molecule has 2 nitrogen and oxygen atoms in total. The van der Waals surface area contributed by atoms with Gasteiger partial charge in [-0.15, -0.1) is 0 Å². The summed E-state index contributed by atoms with van der Waals surface area (Å²) in [4.78, 5) is 0. The van der Waals surface area contributed by atoms with Crippen LogP contribution in [-0.4, -0.2) is 13.4 Å². The molecule has 0 aromatic rings. The van der Waals surface area contributed by atoms with E-state index in [0.717, 1.165) is 0 Å². The molecule has 1 aliphatic rings. The van der Waals surface area contributed by atoms with Crippen molar-refractivity contribution in [1.82, 2.24) is 0 Å². The summed E-state index contributed by atoms with van der Waals surface area (Å²) >= 11 is 0. The van der Waals surface area contributed by atoms with Gasteiger partial charge in [0.2, 0.25) is 6.29 Å². The van der Waals surface area contributed by atoms with Crippen molar-refractivity contribution >= 4 is 0 Å². The molecule has 0 saturated carbocycles. The molecule has 0 aliphatic carbocycles. The molecule has 0 N–H and O–H groups in total. The summed E-state index contributed by atoms with van der Waals surface area (Å²) in [7, 11) is 1.59. The molecule has 2 heteroatoms. The molecule has 0 aromatic heterocycles. The van der Waals surface area contributed by atoms with Crippen LogP contribution in [0.2, 0.25) is 0 Å². The summed E-state index contributed by atoms with van der Waals surface area (Å²) in [5.74, 6) is 0.664. The zero-order valence-electron chi connectivity index (χ0n) is 4.76. The molecule has 0 aromatic carbocycles. The zero-order valence-corrected chi connectivity index (χ0v) is 4.76. The normalized spacial score (nSPS) is 26.1. The van der Waals surface area contributed by atoms with Crippen molar-refractivity contribution in [3.63, 3.8) is 0 Å². The summed E-state index contributed by atoms with van der Waals surface area (Å²) in [5, 5.41) is 0. The van der Waals surface area contributed by atoms with Crippen molar-refractivity contribution in [3.05, 3.63) is 24.5 Å². The van der Waals surface area contributed by atoms with Gasteiger partial charge in [0.25, 0.3) is 0 Å². The number of hydrogen-bond donors (Lipinski definition) is 0. The fraction of sp³-hybridized carbons (Fsp3) is 0.333. The average Bonchev–Trinajstić information content (AvgIpc) is 2.14. The van der Waals surface area contributed by atoms with Crippen LogP contribution in [0.1, 0.15) is 0 Å². The monoisotopic (exact) mass is 112 g/mol. The van der Waals surface area contributed by atoms with Gasteiger partial charge in [-0.1, -0.05) is 6.58 Å². The van der Waals surface area contributed by atoms with E-state index in [-0.39, 0.29) is 6.29 Å². The van der Waals surface area contributed by atoms with Gasteiger partial charge in [0, 0.05) is 7.11 Å². The molecule has 0 amide bonds. The second-order valence-corrected chi connectivity index (χ2v) is 1.55. The zero-order chi connectivity index (χ0) is 5.98. The molecule has 1 rings (SSSR count). The molecule has 1 heterocycles. The quantitative estimate of drug-likeness (QED) is 0.505. The van der Waals surface area contributed by atoms with Gasteiger partial charge < -0.3 is 9.47 Å². The fourth-order valence-corrected chi connectivity index (χ4v) is 0.540. The summed E-state index contributed by atoms with van der Waals surface area (Å²) < 4.78 is 9.79. The highest BCUT2D eigenvalue weighted by Gasteiger charge is 2.08. The topological polar surface area (TPSA) is 18.5 Å². The van der Waals surface area contributed by atoms with E-state index in [1.165, 1.54) is 0 Å². The maximum atomic E-state index is 4.98. The van der Waals surface area contributed by atoms with E-state index < -0.39 is 0 Å². The van der Waals surface area contributed by atoms with Gasteiger partial charge >= 0.3 is 0 Å². The third-order valence-corrected chi connectivity index (χ3v) is 0.939. The van der Waals surface area contributed by atoms with Gasteiger partial charge in [-0.3, -0.25) is 0 Å². The minimum atomic E-state index is -0.206. The van der Waals surface area contributed by atoms with Crippen molar-refractivity contribution in [1.29, 1.82) is 0 Å². The van der Waals surface area contributed by atoms with E-state index in [9.17, 15) is 0 Å². The molecule has 0 spiro atoms. The van der Waals surface area contributed by atoms with Gasteiger partial charge in [-0.05, 0) is 12.2 Å². The largest absolute Gasteiger partial charge is 0.462 e. The lowest BCUT2D eigenvalue weighted by atomic mass is 10.5. The van der Waals surface area contributed by atoms with Crippen LogP contribution in [0.15, 0.2) is 24.5 Å².